The Bertz CT molecular complexity index is 560. The van der Waals surface area contributed by atoms with Gasteiger partial charge in [-0.05, 0) is 31.2 Å². The summed E-state index contributed by atoms with van der Waals surface area (Å²) in [6, 6.07) is 7.28. The lowest BCUT2D eigenvalue weighted by atomic mass is 10.1. The van der Waals surface area contributed by atoms with E-state index in [4.69, 9.17) is 11.2 Å². The Morgan fingerprint density at radius 3 is 2.81 bits per heavy atom. The van der Waals surface area contributed by atoms with Crippen molar-refractivity contribution in [1.82, 2.24) is 5.32 Å². The van der Waals surface area contributed by atoms with Gasteiger partial charge in [-0.25, -0.2) is 0 Å². The number of nitrogens with zero attached hydrogens (tertiary/aromatic N) is 1. The molecule has 1 heterocycles. The molecule has 1 N–H and O–H groups in total. The maximum atomic E-state index is 12.0. The molecule has 5 nitrogen and oxygen atoms in total. The van der Waals surface area contributed by atoms with Crippen LogP contribution in [0, 0.1) is 18.3 Å². The molecule has 0 saturated carbocycles. The zero-order valence-electron chi connectivity index (χ0n) is 12.0. The van der Waals surface area contributed by atoms with Gasteiger partial charge >= 0.3 is 0 Å². The van der Waals surface area contributed by atoms with Gasteiger partial charge < -0.3 is 15.0 Å². The second-order valence-corrected chi connectivity index (χ2v) is 4.75. The molecule has 21 heavy (non-hydrogen) atoms. The molecule has 0 spiro atoms. The van der Waals surface area contributed by atoms with Gasteiger partial charge in [0.15, 0.2) is 0 Å². The van der Waals surface area contributed by atoms with E-state index in [1.165, 1.54) is 0 Å². The number of anilines is 1. The van der Waals surface area contributed by atoms with Crippen LogP contribution in [0.3, 0.4) is 0 Å². The van der Waals surface area contributed by atoms with Gasteiger partial charge in [0.05, 0.1) is 19.1 Å². The first-order valence-electron chi connectivity index (χ1n) is 6.90. The third-order valence-electron chi connectivity index (χ3n) is 3.32. The Hall–Kier alpha value is -2.48. The van der Waals surface area contributed by atoms with Crippen LogP contribution in [0.1, 0.15) is 13.3 Å². The standard InChI is InChI=1S/C16H18N2O3/c1-3-9-17-16(20)12-10-15(19)18(11-12)13-5-7-14(8-6-13)21-4-2/h1,5-8,12H,4,9-11H2,2H3,(H,17,20). The normalized spacial score (nSPS) is 17.4. The van der Waals surface area contributed by atoms with Crippen molar-refractivity contribution in [3.63, 3.8) is 0 Å². The van der Waals surface area contributed by atoms with E-state index in [0.29, 0.717) is 13.2 Å². The zero-order valence-corrected chi connectivity index (χ0v) is 12.0. The van der Waals surface area contributed by atoms with Gasteiger partial charge in [0.1, 0.15) is 5.75 Å². The number of benzene rings is 1. The molecule has 0 bridgehead atoms. The highest BCUT2D eigenvalue weighted by Gasteiger charge is 2.34. The molecule has 1 saturated heterocycles. The van der Waals surface area contributed by atoms with E-state index < -0.39 is 0 Å². The van der Waals surface area contributed by atoms with Gasteiger partial charge in [-0.2, -0.15) is 0 Å². The molecular formula is C16H18N2O3. The molecule has 1 atom stereocenters. The van der Waals surface area contributed by atoms with Gasteiger partial charge in [-0.1, -0.05) is 5.92 Å². The van der Waals surface area contributed by atoms with E-state index in [9.17, 15) is 9.59 Å². The molecule has 0 aromatic heterocycles. The Balaban J connectivity index is 2.02. The quantitative estimate of drug-likeness (QED) is 0.827. The van der Waals surface area contributed by atoms with Crippen LogP contribution in [-0.4, -0.2) is 31.5 Å². The van der Waals surface area contributed by atoms with Crippen LogP contribution in [0.15, 0.2) is 24.3 Å². The van der Waals surface area contributed by atoms with E-state index in [0.717, 1.165) is 11.4 Å². The van der Waals surface area contributed by atoms with Crippen molar-refractivity contribution in [1.29, 1.82) is 0 Å². The number of amides is 2. The van der Waals surface area contributed by atoms with Crippen molar-refractivity contribution in [3.05, 3.63) is 24.3 Å². The molecule has 1 aliphatic heterocycles. The van der Waals surface area contributed by atoms with Crippen molar-refractivity contribution in [2.24, 2.45) is 5.92 Å². The van der Waals surface area contributed by atoms with E-state index in [-0.39, 0.29) is 30.7 Å². The first-order chi connectivity index (χ1) is 10.2. The fourth-order valence-corrected chi connectivity index (χ4v) is 2.30. The minimum atomic E-state index is -0.350. The number of carbonyl (C=O) groups is 2. The molecule has 1 fully saturated rings. The number of hydrogen-bond acceptors (Lipinski definition) is 3. The van der Waals surface area contributed by atoms with Gasteiger partial charge in [-0.15, -0.1) is 6.42 Å². The summed E-state index contributed by atoms with van der Waals surface area (Å²) in [5.74, 6) is 2.53. The lowest BCUT2D eigenvalue weighted by molar-refractivity contribution is -0.126. The summed E-state index contributed by atoms with van der Waals surface area (Å²) in [6.07, 6.45) is 5.32. The van der Waals surface area contributed by atoms with Gasteiger partial charge in [0, 0.05) is 18.7 Å². The summed E-state index contributed by atoms with van der Waals surface area (Å²) in [4.78, 5) is 25.5. The van der Waals surface area contributed by atoms with Gasteiger partial charge in [0.2, 0.25) is 11.8 Å². The first-order valence-corrected chi connectivity index (χ1v) is 6.90. The number of rotatable bonds is 5. The second-order valence-electron chi connectivity index (χ2n) is 4.75. The first kappa shape index (κ1) is 14.9. The average molecular weight is 286 g/mol. The minimum Gasteiger partial charge on any atom is -0.494 e. The largest absolute Gasteiger partial charge is 0.494 e. The maximum Gasteiger partial charge on any atom is 0.227 e. The van der Waals surface area contributed by atoms with Crippen molar-refractivity contribution in [2.45, 2.75) is 13.3 Å². The van der Waals surface area contributed by atoms with Crippen molar-refractivity contribution >= 4 is 17.5 Å². The lowest BCUT2D eigenvalue weighted by Gasteiger charge is -2.17. The molecule has 0 aliphatic carbocycles. The predicted molar refractivity (Wildman–Crippen MR) is 79.9 cm³/mol. The zero-order chi connectivity index (χ0) is 15.2. The third-order valence-corrected chi connectivity index (χ3v) is 3.32. The molecular weight excluding hydrogens is 268 g/mol. The summed E-state index contributed by atoms with van der Waals surface area (Å²) in [5, 5.41) is 2.62. The highest BCUT2D eigenvalue weighted by molar-refractivity contribution is 6.00. The second kappa shape index (κ2) is 6.80. The number of nitrogens with one attached hydrogen (secondary N) is 1. The van der Waals surface area contributed by atoms with Crippen molar-refractivity contribution in [2.75, 3.05) is 24.6 Å². The molecule has 5 heteroatoms. The van der Waals surface area contributed by atoms with Crippen LogP contribution in [0.2, 0.25) is 0 Å². The van der Waals surface area contributed by atoms with Crippen molar-refractivity contribution in [3.8, 4) is 18.1 Å². The highest BCUT2D eigenvalue weighted by Crippen LogP contribution is 2.26. The molecule has 0 radical (unpaired) electrons. The number of hydrogen-bond donors (Lipinski definition) is 1. The SMILES string of the molecule is C#CCNC(=O)C1CC(=O)N(c2ccc(OCC)cc2)C1. The van der Waals surface area contributed by atoms with E-state index in [1.54, 1.807) is 4.90 Å². The summed E-state index contributed by atoms with van der Waals surface area (Å²) >= 11 is 0. The number of terminal acetylenes is 1. The Morgan fingerprint density at radius 2 is 2.19 bits per heavy atom. The van der Waals surface area contributed by atoms with Crippen LogP contribution in [0.5, 0.6) is 5.75 Å². The van der Waals surface area contributed by atoms with E-state index in [2.05, 4.69) is 11.2 Å². The summed E-state index contributed by atoms with van der Waals surface area (Å²) in [6.45, 7) is 3.08. The molecule has 1 aliphatic rings. The van der Waals surface area contributed by atoms with Gasteiger partial charge in [0.25, 0.3) is 0 Å². The molecule has 110 valence electrons. The smallest absolute Gasteiger partial charge is 0.227 e. The molecule has 1 aromatic rings. The third kappa shape index (κ3) is 3.54. The van der Waals surface area contributed by atoms with Crippen molar-refractivity contribution < 1.29 is 14.3 Å². The lowest BCUT2D eigenvalue weighted by Crippen LogP contribution is -2.33. The van der Waals surface area contributed by atoms with E-state index in [1.807, 2.05) is 31.2 Å². The summed E-state index contributed by atoms with van der Waals surface area (Å²) in [7, 11) is 0. The van der Waals surface area contributed by atoms with Crippen LogP contribution < -0.4 is 15.0 Å². The predicted octanol–water partition coefficient (Wildman–Crippen LogP) is 1.19. The minimum absolute atomic E-state index is 0.0555. The number of carbonyl (C=O) groups excluding carboxylic acids is 2. The Labute approximate surface area is 124 Å². The van der Waals surface area contributed by atoms with Crippen LogP contribution in [0.4, 0.5) is 5.69 Å². The van der Waals surface area contributed by atoms with Crippen LogP contribution in [-0.2, 0) is 9.59 Å². The molecule has 1 unspecified atom stereocenters. The summed E-state index contributed by atoms with van der Waals surface area (Å²) in [5.41, 5.74) is 0.774. The Morgan fingerprint density at radius 1 is 1.48 bits per heavy atom. The number of ether oxygens (including phenoxy) is 1. The van der Waals surface area contributed by atoms with Crippen LogP contribution >= 0.6 is 0 Å². The van der Waals surface area contributed by atoms with E-state index >= 15 is 0 Å². The Kier molecular flexibility index (Phi) is 4.83. The van der Waals surface area contributed by atoms with Gasteiger partial charge in [-0.3, -0.25) is 9.59 Å². The fraction of sp³-hybridized carbons (Fsp3) is 0.375. The topological polar surface area (TPSA) is 58.6 Å². The monoisotopic (exact) mass is 286 g/mol. The van der Waals surface area contributed by atoms with Crippen LogP contribution in [0.25, 0.3) is 0 Å². The molecule has 2 amide bonds. The fourth-order valence-electron chi connectivity index (χ4n) is 2.30. The molecule has 2 rings (SSSR count). The maximum absolute atomic E-state index is 12.0. The molecule has 1 aromatic carbocycles. The average Bonchev–Trinajstić information content (AvgIpc) is 2.88. The highest BCUT2D eigenvalue weighted by atomic mass is 16.5. The summed E-state index contributed by atoms with van der Waals surface area (Å²) < 4.78 is 5.37.